The summed E-state index contributed by atoms with van der Waals surface area (Å²) in [4.78, 5) is 11.2. The number of rotatable bonds is 6. The van der Waals surface area contributed by atoms with E-state index in [-0.39, 0.29) is 21.4 Å². The van der Waals surface area contributed by atoms with Gasteiger partial charge in [-0.15, -0.1) is 0 Å². The summed E-state index contributed by atoms with van der Waals surface area (Å²) in [6, 6.07) is 0. The van der Waals surface area contributed by atoms with Crippen LogP contribution in [0, 0.1) is 45.3 Å². The molecule has 0 heterocycles. The monoisotopic (exact) mass is 527 g/mol. The number of carboxylic acid groups (broad SMARTS) is 1. The molecule has 0 unspecified atom stereocenters. The van der Waals surface area contributed by atoms with Gasteiger partial charge in [0, 0.05) is 16.7 Å². The van der Waals surface area contributed by atoms with Crippen molar-refractivity contribution in [3.05, 3.63) is 23.3 Å². The lowest BCUT2D eigenvalue weighted by Crippen LogP contribution is -2.57. The molecule has 0 spiro atoms. The van der Waals surface area contributed by atoms with Gasteiger partial charge >= 0.3 is 5.97 Å². The Morgan fingerprint density at radius 2 is 1.95 bits per heavy atom. The predicted octanol–water partition coefficient (Wildman–Crippen LogP) is 7.23. The summed E-state index contributed by atoms with van der Waals surface area (Å²) in [5.74, 6) is 1.69. The van der Waals surface area contributed by atoms with Crippen LogP contribution in [-0.4, -0.2) is 21.9 Å². The highest BCUT2D eigenvalue weighted by molar-refractivity contribution is 7.80. The molecule has 37 heavy (non-hydrogen) atoms. The first-order chi connectivity index (χ1) is 17.2. The molecule has 4 aliphatic rings. The van der Waals surface area contributed by atoms with E-state index in [4.69, 9.17) is 18.0 Å². The minimum Gasteiger partial charge on any atom is -0.478 e. The lowest BCUT2D eigenvalue weighted by molar-refractivity contribution is -0.132. The summed E-state index contributed by atoms with van der Waals surface area (Å²) in [6.07, 6.45) is 14.9. The predicted molar refractivity (Wildman–Crippen MR) is 156 cm³/mol. The Morgan fingerprint density at radius 1 is 1.24 bits per heavy atom. The van der Waals surface area contributed by atoms with Crippen molar-refractivity contribution in [1.29, 1.82) is 0 Å². The molecule has 7 atom stereocenters. The number of nitrogens with two attached hydrogens (primary N) is 1. The molecule has 4 N–H and O–H groups in total. The molecule has 3 fully saturated rings. The lowest BCUT2D eigenvalue weighted by Gasteiger charge is -2.63. The zero-order valence-electron chi connectivity index (χ0n) is 24.1. The summed E-state index contributed by atoms with van der Waals surface area (Å²) < 4.78 is 0. The van der Waals surface area contributed by atoms with E-state index in [1.165, 1.54) is 37.8 Å². The number of carbonyl (C=O) groups is 1. The van der Waals surface area contributed by atoms with Gasteiger partial charge < -0.3 is 10.8 Å². The summed E-state index contributed by atoms with van der Waals surface area (Å²) in [6.45, 7) is 16.6. The van der Waals surface area contributed by atoms with E-state index in [9.17, 15) is 9.90 Å². The second kappa shape index (κ2) is 9.81. The summed E-state index contributed by atoms with van der Waals surface area (Å²) in [5, 5.41) is 14.1. The number of nitrogens with one attached hydrogen (secondary N) is 1. The molecular weight excluding hydrogens is 478 g/mol. The van der Waals surface area contributed by atoms with Crippen LogP contribution in [0.1, 0.15) is 106 Å². The van der Waals surface area contributed by atoms with Gasteiger partial charge in [-0.1, -0.05) is 59.3 Å². The number of fused-ring (bicyclic) bond motifs is 5. The zero-order chi connectivity index (χ0) is 27.4. The molecule has 0 aromatic heterocycles. The molecule has 3 saturated carbocycles. The third-order valence-corrected chi connectivity index (χ3v) is 12.2. The normalized spacial score (nSPS) is 40.7. The zero-order valence-corrected chi connectivity index (χ0v) is 24.9. The third kappa shape index (κ3) is 4.49. The quantitative estimate of drug-likeness (QED) is 0.147. The Balaban J connectivity index is 1.58. The number of nitrogens with zero attached hydrogens (tertiary/aromatic N) is 1. The van der Waals surface area contributed by atoms with Crippen molar-refractivity contribution < 1.29 is 9.90 Å². The number of carboxylic acids is 1. The number of hydrogen-bond donors (Lipinski definition) is 3. The molecule has 0 saturated heterocycles. The second-order valence-electron chi connectivity index (χ2n) is 13.9. The van der Waals surface area contributed by atoms with Crippen LogP contribution in [0.3, 0.4) is 0 Å². The largest absolute Gasteiger partial charge is 0.478 e. The Kier molecular flexibility index (Phi) is 7.51. The van der Waals surface area contributed by atoms with Crippen molar-refractivity contribution in [3.63, 3.8) is 0 Å². The van der Waals surface area contributed by atoms with E-state index in [0.29, 0.717) is 34.7 Å². The minimum absolute atomic E-state index is 0.00277. The molecule has 206 valence electrons. The van der Waals surface area contributed by atoms with Gasteiger partial charge in [0.2, 0.25) is 0 Å². The molecule has 4 rings (SSSR count). The molecule has 0 aliphatic heterocycles. The lowest BCUT2D eigenvalue weighted by atomic mass is 9.41. The smallest absolute Gasteiger partial charge is 0.330 e. The van der Waals surface area contributed by atoms with Crippen molar-refractivity contribution >= 4 is 29.0 Å². The molecule has 0 bridgehead atoms. The first kappa shape index (κ1) is 28.3. The van der Waals surface area contributed by atoms with Gasteiger partial charge in [0.1, 0.15) is 0 Å². The first-order valence-electron chi connectivity index (χ1n) is 14.4. The fourth-order valence-corrected chi connectivity index (χ4v) is 9.70. The van der Waals surface area contributed by atoms with E-state index in [2.05, 4.69) is 58.1 Å². The van der Waals surface area contributed by atoms with Crippen molar-refractivity contribution in [2.45, 2.75) is 106 Å². The van der Waals surface area contributed by atoms with Crippen LogP contribution < -0.4 is 11.2 Å². The topological polar surface area (TPSA) is 87.7 Å². The van der Waals surface area contributed by atoms with Gasteiger partial charge in [-0.2, -0.15) is 5.10 Å². The summed E-state index contributed by atoms with van der Waals surface area (Å²) in [7, 11) is 0. The third-order valence-electron chi connectivity index (χ3n) is 12.1. The highest BCUT2D eigenvalue weighted by atomic mass is 32.1. The maximum absolute atomic E-state index is 11.2. The van der Waals surface area contributed by atoms with E-state index >= 15 is 0 Å². The van der Waals surface area contributed by atoms with Crippen LogP contribution in [-0.2, 0) is 4.79 Å². The summed E-state index contributed by atoms with van der Waals surface area (Å²) in [5.41, 5.74) is 12.8. The minimum atomic E-state index is -0.800. The highest BCUT2D eigenvalue weighted by Gasteiger charge is 2.65. The van der Waals surface area contributed by atoms with E-state index in [1.807, 2.05) is 6.08 Å². The van der Waals surface area contributed by atoms with E-state index in [1.54, 1.807) is 12.5 Å². The van der Waals surface area contributed by atoms with Crippen molar-refractivity contribution in [2.75, 3.05) is 0 Å². The standard InChI is InChI=1S/C31H49N3O2S/c1-19(9-8-10-20(2)26(35)36)21-13-17-31(7)23-11-12-24-28(3,4)25(33-34-27(32)37)15-16-29(24,5)22(23)14-18-30(21,31)6/h10-11,19,21-22,24H,8-9,12-18H2,1-7H3,(H,35,36)(H3,32,34,37)/b20-10-,33-25+/t19-,21-,22-,24+,29-,30+,31-/m1/s1. The molecular formula is C31H49N3O2S. The Morgan fingerprint density at radius 3 is 2.59 bits per heavy atom. The molecule has 0 radical (unpaired) electrons. The number of hydrazone groups is 1. The first-order valence-corrected chi connectivity index (χ1v) is 14.8. The van der Waals surface area contributed by atoms with Crippen molar-refractivity contribution in [1.82, 2.24) is 5.43 Å². The van der Waals surface area contributed by atoms with Gasteiger partial charge in [-0.05, 0) is 117 Å². The number of thiocarbonyl (C=S) groups is 1. The highest BCUT2D eigenvalue weighted by Crippen LogP contribution is 2.73. The average molecular weight is 528 g/mol. The molecule has 0 aromatic carbocycles. The van der Waals surface area contributed by atoms with Crippen LogP contribution >= 0.6 is 12.2 Å². The van der Waals surface area contributed by atoms with Crippen LogP contribution in [0.4, 0.5) is 0 Å². The SMILES string of the molecule is C/C(=C/CC[C@@H](C)[C@H]1CC[C@]2(C)C3=CC[C@H]4C(C)(C)/C(=N/NC(N)=S)CC[C@]4(C)[C@@H]3CC[C@@]12C)C(=O)O. The average Bonchev–Trinajstić information content (AvgIpc) is 3.09. The Hall–Kier alpha value is -1.69. The maximum atomic E-state index is 11.2. The Labute approximate surface area is 229 Å². The molecule has 6 heteroatoms. The number of hydrogen-bond acceptors (Lipinski definition) is 3. The van der Waals surface area contributed by atoms with Crippen molar-refractivity contribution in [3.8, 4) is 0 Å². The van der Waals surface area contributed by atoms with Gasteiger partial charge in [-0.25, -0.2) is 4.79 Å². The fraction of sp³-hybridized carbons (Fsp3) is 0.774. The van der Waals surface area contributed by atoms with Gasteiger partial charge in [-0.3, -0.25) is 5.43 Å². The van der Waals surface area contributed by atoms with E-state index < -0.39 is 5.97 Å². The van der Waals surface area contributed by atoms with Crippen LogP contribution in [0.15, 0.2) is 28.4 Å². The number of aliphatic carboxylic acids is 1. The summed E-state index contributed by atoms with van der Waals surface area (Å²) >= 11 is 5.01. The fourth-order valence-electron chi connectivity index (χ4n) is 9.65. The van der Waals surface area contributed by atoms with Gasteiger partial charge in [0.05, 0.1) is 0 Å². The Bertz CT molecular complexity index is 1050. The van der Waals surface area contributed by atoms with Crippen LogP contribution in [0.2, 0.25) is 0 Å². The second-order valence-corrected chi connectivity index (χ2v) is 14.4. The maximum Gasteiger partial charge on any atom is 0.330 e. The van der Waals surface area contributed by atoms with Crippen molar-refractivity contribution in [2.24, 2.45) is 56.2 Å². The molecule has 5 nitrogen and oxygen atoms in total. The van der Waals surface area contributed by atoms with E-state index in [0.717, 1.165) is 25.7 Å². The molecule has 4 aliphatic carbocycles. The van der Waals surface area contributed by atoms with Crippen LogP contribution in [0.5, 0.6) is 0 Å². The van der Waals surface area contributed by atoms with Gasteiger partial charge in [0.15, 0.2) is 5.11 Å². The molecule has 0 amide bonds. The van der Waals surface area contributed by atoms with Gasteiger partial charge in [0.25, 0.3) is 0 Å². The molecule has 0 aromatic rings. The number of allylic oxidation sites excluding steroid dienone is 3. The van der Waals surface area contributed by atoms with Crippen LogP contribution in [0.25, 0.3) is 0 Å².